The minimum atomic E-state index is -0.146. The van der Waals surface area contributed by atoms with Gasteiger partial charge in [0.05, 0.1) is 11.9 Å². The molecule has 3 N–H and O–H groups in total. The van der Waals surface area contributed by atoms with E-state index in [0.717, 1.165) is 5.56 Å². The summed E-state index contributed by atoms with van der Waals surface area (Å²) < 4.78 is 1.80. The van der Waals surface area contributed by atoms with Crippen LogP contribution in [0.25, 0.3) is 0 Å². The number of aromatic nitrogens is 2. The number of carbonyl (C=O) groups is 1. The van der Waals surface area contributed by atoms with Crippen molar-refractivity contribution in [2.45, 2.75) is 26.4 Å². The Morgan fingerprint density at radius 1 is 1.37 bits per heavy atom. The van der Waals surface area contributed by atoms with Gasteiger partial charge in [-0.05, 0) is 31.5 Å². The van der Waals surface area contributed by atoms with Crippen LogP contribution in [-0.2, 0) is 6.54 Å². The van der Waals surface area contributed by atoms with Gasteiger partial charge in [-0.25, -0.2) is 0 Å². The van der Waals surface area contributed by atoms with Crippen LogP contribution in [0.15, 0.2) is 36.7 Å². The number of nitrogens with two attached hydrogens (primary N) is 1. The standard InChI is InChI=1S/C14H18N4O/c1-10(2)18-9-13(8-16-18)17-14(19)12-5-3-11(7-15)4-6-12/h3-6,8-10H,7,15H2,1-2H3,(H,17,19). The van der Waals surface area contributed by atoms with Gasteiger partial charge < -0.3 is 11.1 Å². The zero-order chi connectivity index (χ0) is 13.8. The first kappa shape index (κ1) is 13.3. The second-order valence-electron chi connectivity index (χ2n) is 4.66. The fourth-order valence-electron chi connectivity index (χ4n) is 1.68. The van der Waals surface area contributed by atoms with Gasteiger partial charge in [-0.15, -0.1) is 0 Å². The van der Waals surface area contributed by atoms with E-state index in [9.17, 15) is 4.79 Å². The average Bonchev–Trinajstić information content (AvgIpc) is 2.87. The molecule has 0 saturated heterocycles. The number of rotatable bonds is 4. The molecule has 5 nitrogen and oxygen atoms in total. The molecule has 0 saturated carbocycles. The molecule has 19 heavy (non-hydrogen) atoms. The molecule has 5 heteroatoms. The summed E-state index contributed by atoms with van der Waals surface area (Å²) in [6.07, 6.45) is 3.46. The summed E-state index contributed by atoms with van der Waals surface area (Å²) in [7, 11) is 0. The molecule has 2 rings (SSSR count). The molecule has 1 amide bonds. The smallest absolute Gasteiger partial charge is 0.255 e. The summed E-state index contributed by atoms with van der Waals surface area (Å²) >= 11 is 0. The highest BCUT2D eigenvalue weighted by atomic mass is 16.1. The van der Waals surface area contributed by atoms with E-state index in [0.29, 0.717) is 17.8 Å². The van der Waals surface area contributed by atoms with Crippen LogP contribution in [-0.4, -0.2) is 15.7 Å². The Kier molecular flexibility index (Phi) is 3.97. The molecule has 1 heterocycles. The number of nitrogens with one attached hydrogen (secondary N) is 1. The summed E-state index contributed by atoms with van der Waals surface area (Å²) in [4.78, 5) is 12.0. The SMILES string of the molecule is CC(C)n1cc(NC(=O)c2ccc(CN)cc2)cn1. The van der Waals surface area contributed by atoms with Gasteiger partial charge in [0.15, 0.2) is 0 Å². The maximum absolute atomic E-state index is 12.0. The molecule has 0 radical (unpaired) electrons. The molecule has 0 spiro atoms. The maximum Gasteiger partial charge on any atom is 0.255 e. The summed E-state index contributed by atoms with van der Waals surface area (Å²) in [5, 5.41) is 6.99. The van der Waals surface area contributed by atoms with Crippen LogP contribution < -0.4 is 11.1 Å². The van der Waals surface area contributed by atoms with E-state index in [1.54, 1.807) is 23.0 Å². The molecule has 1 aromatic carbocycles. The first-order chi connectivity index (χ1) is 9.10. The predicted molar refractivity (Wildman–Crippen MR) is 74.9 cm³/mol. The largest absolute Gasteiger partial charge is 0.326 e. The van der Waals surface area contributed by atoms with E-state index in [1.807, 2.05) is 32.2 Å². The first-order valence-corrected chi connectivity index (χ1v) is 6.24. The van der Waals surface area contributed by atoms with Crippen LogP contribution in [0.4, 0.5) is 5.69 Å². The van der Waals surface area contributed by atoms with Crippen LogP contribution >= 0.6 is 0 Å². The van der Waals surface area contributed by atoms with Gasteiger partial charge in [0.2, 0.25) is 0 Å². The Morgan fingerprint density at radius 3 is 2.58 bits per heavy atom. The fourth-order valence-corrected chi connectivity index (χ4v) is 1.68. The summed E-state index contributed by atoms with van der Waals surface area (Å²) in [5.74, 6) is -0.146. The van der Waals surface area contributed by atoms with E-state index in [-0.39, 0.29) is 11.9 Å². The lowest BCUT2D eigenvalue weighted by molar-refractivity contribution is 0.102. The van der Waals surface area contributed by atoms with E-state index in [4.69, 9.17) is 5.73 Å². The van der Waals surface area contributed by atoms with Crippen molar-refractivity contribution in [3.63, 3.8) is 0 Å². The molecule has 0 fully saturated rings. The molecule has 2 aromatic rings. The third-order valence-corrected chi connectivity index (χ3v) is 2.84. The molecule has 100 valence electrons. The van der Waals surface area contributed by atoms with E-state index in [1.165, 1.54) is 0 Å². The summed E-state index contributed by atoms with van der Waals surface area (Å²) in [6, 6.07) is 7.52. The van der Waals surface area contributed by atoms with Crippen molar-refractivity contribution < 1.29 is 4.79 Å². The monoisotopic (exact) mass is 258 g/mol. The molecular formula is C14H18N4O. The molecule has 0 aliphatic heterocycles. The summed E-state index contributed by atoms with van der Waals surface area (Å²) in [6.45, 7) is 4.54. The third-order valence-electron chi connectivity index (χ3n) is 2.84. The van der Waals surface area contributed by atoms with Gasteiger partial charge >= 0.3 is 0 Å². The lowest BCUT2D eigenvalue weighted by atomic mass is 10.1. The number of benzene rings is 1. The molecule has 0 bridgehead atoms. The van der Waals surface area contributed by atoms with Crippen molar-refractivity contribution in [2.24, 2.45) is 5.73 Å². The quantitative estimate of drug-likeness (QED) is 0.882. The number of carbonyl (C=O) groups excluding carboxylic acids is 1. The van der Waals surface area contributed by atoms with Crippen molar-refractivity contribution in [2.75, 3.05) is 5.32 Å². The Balaban J connectivity index is 2.06. The minimum absolute atomic E-state index is 0.146. The Bertz CT molecular complexity index is 557. The van der Waals surface area contributed by atoms with Crippen molar-refractivity contribution in [1.82, 2.24) is 9.78 Å². The van der Waals surface area contributed by atoms with Crippen LogP contribution in [0.1, 0.15) is 35.8 Å². The topological polar surface area (TPSA) is 72.9 Å². The van der Waals surface area contributed by atoms with Crippen LogP contribution in [0.3, 0.4) is 0 Å². The molecule has 1 aromatic heterocycles. The number of hydrogen-bond acceptors (Lipinski definition) is 3. The van der Waals surface area contributed by atoms with E-state index < -0.39 is 0 Å². The molecule has 0 unspecified atom stereocenters. The second-order valence-corrected chi connectivity index (χ2v) is 4.66. The van der Waals surface area contributed by atoms with Crippen molar-refractivity contribution >= 4 is 11.6 Å². The average molecular weight is 258 g/mol. The highest BCUT2D eigenvalue weighted by Crippen LogP contribution is 2.12. The Hall–Kier alpha value is -2.14. The number of anilines is 1. The number of amides is 1. The predicted octanol–water partition coefficient (Wildman–Crippen LogP) is 2.17. The van der Waals surface area contributed by atoms with Crippen molar-refractivity contribution in [3.05, 3.63) is 47.8 Å². The zero-order valence-corrected chi connectivity index (χ0v) is 11.1. The molecule has 0 atom stereocenters. The molecule has 0 aliphatic carbocycles. The molecular weight excluding hydrogens is 240 g/mol. The van der Waals surface area contributed by atoms with E-state index >= 15 is 0 Å². The fraction of sp³-hybridized carbons (Fsp3) is 0.286. The zero-order valence-electron chi connectivity index (χ0n) is 11.1. The Labute approximate surface area is 112 Å². The lowest BCUT2D eigenvalue weighted by Crippen LogP contribution is -2.11. The highest BCUT2D eigenvalue weighted by Gasteiger charge is 2.08. The number of hydrogen-bond donors (Lipinski definition) is 2. The van der Waals surface area contributed by atoms with Gasteiger partial charge in [-0.1, -0.05) is 12.1 Å². The van der Waals surface area contributed by atoms with Crippen LogP contribution in [0.5, 0.6) is 0 Å². The second kappa shape index (κ2) is 5.67. The van der Waals surface area contributed by atoms with Gasteiger partial charge in [-0.2, -0.15) is 5.10 Å². The van der Waals surface area contributed by atoms with E-state index in [2.05, 4.69) is 10.4 Å². The Morgan fingerprint density at radius 2 is 2.05 bits per heavy atom. The normalized spacial score (nSPS) is 10.7. The van der Waals surface area contributed by atoms with Crippen LogP contribution in [0.2, 0.25) is 0 Å². The molecule has 0 aliphatic rings. The van der Waals surface area contributed by atoms with Gasteiger partial charge in [0, 0.05) is 24.3 Å². The highest BCUT2D eigenvalue weighted by molar-refractivity contribution is 6.04. The van der Waals surface area contributed by atoms with Gasteiger partial charge in [0.25, 0.3) is 5.91 Å². The van der Waals surface area contributed by atoms with Gasteiger partial charge in [0.1, 0.15) is 0 Å². The third kappa shape index (κ3) is 3.20. The van der Waals surface area contributed by atoms with Crippen LogP contribution in [0, 0.1) is 0 Å². The minimum Gasteiger partial charge on any atom is -0.326 e. The lowest BCUT2D eigenvalue weighted by Gasteiger charge is -2.05. The van der Waals surface area contributed by atoms with Crippen molar-refractivity contribution in [3.8, 4) is 0 Å². The maximum atomic E-state index is 12.0. The van der Waals surface area contributed by atoms with Gasteiger partial charge in [-0.3, -0.25) is 9.48 Å². The van der Waals surface area contributed by atoms with Crippen molar-refractivity contribution in [1.29, 1.82) is 0 Å². The number of nitrogens with zero attached hydrogens (tertiary/aromatic N) is 2. The first-order valence-electron chi connectivity index (χ1n) is 6.24. The summed E-state index contributed by atoms with van der Waals surface area (Å²) in [5.41, 5.74) is 7.82.